The third-order valence-corrected chi connectivity index (χ3v) is 6.45. The van der Waals surface area contributed by atoms with Crippen molar-refractivity contribution in [1.82, 2.24) is 4.98 Å². The third-order valence-electron chi connectivity index (χ3n) is 6.45. The zero-order valence-electron chi connectivity index (χ0n) is 17.7. The Labute approximate surface area is 189 Å². The summed E-state index contributed by atoms with van der Waals surface area (Å²) in [7, 11) is 0. The molecular formula is C26H20FN3O3. The number of anilines is 2. The van der Waals surface area contributed by atoms with Crippen LogP contribution in [0.2, 0.25) is 0 Å². The molecule has 2 saturated heterocycles. The highest BCUT2D eigenvalue weighted by Gasteiger charge is 2.60. The number of hydroxylamine groups is 1. The molecule has 33 heavy (non-hydrogen) atoms. The topological polar surface area (TPSA) is 65.6 Å². The van der Waals surface area contributed by atoms with E-state index in [9.17, 15) is 14.0 Å². The van der Waals surface area contributed by atoms with Gasteiger partial charge in [0.1, 0.15) is 11.7 Å². The van der Waals surface area contributed by atoms with Gasteiger partial charge < -0.3 is 4.98 Å². The van der Waals surface area contributed by atoms with E-state index in [1.165, 1.54) is 24.3 Å². The Morgan fingerprint density at radius 2 is 1.55 bits per heavy atom. The first kappa shape index (κ1) is 19.7. The molecule has 2 amide bonds. The molecule has 0 bridgehead atoms. The number of halogens is 1. The summed E-state index contributed by atoms with van der Waals surface area (Å²) < 4.78 is 13.5. The molecule has 2 fully saturated rings. The first-order valence-corrected chi connectivity index (χ1v) is 10.8. The van der Waals surface area contributed by atoms with Gasteiger partial charge in [-0.2, -0.15) is 0 Å². The first-order chi connectivity index (χ1) is 16.0. The zero-order chi connectivity index (χ0) is 22.7. The summed E-state index contributed by atoms with van der Waals surface area (Å²) >= 11 is 0. The molecule has 0 saturated carbocycles. The molecule has 4 aromatic rings. The Hall–Kier alpha value is -3.97. The fraction of sp³-hybridized carbons (Fsp3) is 0.154. The maximum Gasteiger partial charge on any atom is 0.266 e. The van der Waals surface area contributed by atoms with Gasteiger partial charge in [-0.25, -0.2) is 14.4 Å². The summed E-state index contributed by atoms with van der Waals surface area (Å²) in [6.45, 7) is 1.96. The van der Waals surface area contributed by atoms with Crippen molar-refractivity contribution in [3.8, 4) is 0 Å². The molecule has 7 heteroatoms. The molecule has 2 aliphatic rings. The number of hydrogen-bond donors (Lipinski definition) is 1. The number of benzene rings is 3. The van der Waals surface area contributed by atoms with Crippen LogP contribution in [0, 0.1) is 18.7 Å². The number of imide groups is 1. The second kappa shape index (κ2) is 7.28. The van der Waals surface area contributed by atoms with E-state index < -0.39 is 29.8 Å². The second-order valence-corrected chi connectivity index (χ2v) is 8.36. The number of H-pyrrole nitrogens is 1. The van der Waals surface area contributed by atoms with E-state index >= 15 is 0 Å². The van der Waals surface area contributed by atoms with Gasteiger partial charge in [-0.1, -0.05) is 36.4 Å². The Kier molecular flexibility index (Phi) is 4.35. The fourth-order valence-corrected chi connectivity index (χ4v) is 5.03. The predicted molar refractivity (Wildman–Crippen MR) is 122 cm³/mol. The van der Waals surface area contributed by atoms with Gasteiger partial charge in [0.05, 0.1) is 17.4 Å². The normalized spacial score (nSPS) is 22.4. The molecule has 3 heterocycles. The molecular weight excluding hydrogens is 421 g/mol. The van der Waals surface area contributed by atoms with Crippen molar-refractivity contribution in [3.05, 3.63) is 95.9 Å². The number of carbonyl (C=O) groups is 2. The van der Waals surface area contributed by atoms with Crippen LogP contribution in [-0.2, 0) is 14.4 Å². The molecule has 0 unspecified atom stereocenters. The van der Waals surface area contributed by atoms with Crippen LogP contribution < -0.4 is 9.96 Å². The lowest BCUT2D eigenvalue weighted by molar-refractivity contribution is -0.126. The molecule has 3 atom stereocenters. The minimum atomic E-state index is -0.971. The van der Waals surface area contributed by atoms with Crippen LogP contribution in [0.3, 0.4) is 0 Å². The Morgan fingerprint density at radius 3 is 2.30 bits per heavy atom. The number of rotatable bonds is 3. The Morgan fingerprint density at radius 1 is 0.848 bits per heavy atom. The molecule has 0 radical (unpaired) electrons. The van der Waals surface area contributed by atoms with Gasteiger partial charge in [-0.15, -0.1) is 0 Å². The van der Waals surface area contributed by atoms with Crippen LogP contribution in [-0.4, -0.2) is 22.9 Å². The van der Waals surface area contributed by atoms with Crippen molar-refractivity contribution in [3.63, 3.8) is 0 Å². The van der Waals surface area contributed by atoms with Crippen LogP contribution in [0.5, 0.6) is 0 Å². The standard InChI is InChI=1S/C26H20FN3O3/c1-15-21(19-9-5-6-10-20(19)28-15)23-22-24(33-30(23)18-7-3-2-4-8-18)26(32)29(25(22)31)17-13-11-16(27)12-14-17/h2-14,22-24,28H,1H3/t22-,23+,24+/m1/s1. The summed E-state index contributed by atoms with van der Waals surface area (Å²) in [6, 6.07) is 22.2. The molecule has 0 aliphatic carbocycles. The highest BCUT2D eigenvalue weighted by molar-refractivity contribution is 6.24. The highest BCUT2D eigenvalue weighted by atomic mass is 19.1. The van der Waals surface area contributed by atoms with Crippen LogP contribution >= 0.6 is 0 Å². The van der Waals surface area contributed by atoms with Crippen molar-refractivity contribution in [2.75, 3.05) is 9.96 Å². The van der Waals surface area contributed by atoms with Gasteiger partial charge in [0.2, 0.25) is 5.91 Å². The SMILES string of the molecule is Cc1[nH]c2ccccc2c1[C@H]1[C@H]2C(=O)N(c3ccc(F)cc3)C(=O)[C@H]2ON1c1ccccc1. The Balaban J connectivity index is 1.51. The van der Waals surface area contributed by atoms with Gasteiger partial charge in [0.25, 0.3) is 5.91 Å². The summed E-state index contributed by atoms with van der Waals surface area (Å²) in [5.74, 6) is -1.99. The van der Waals surface area contributed by atoms with Gasteiger partial charge in [0.15, 0.2) is 6.10 Å². The van der Waals surface area contributed by atoms with Crippen LogP contribution in [0.25, 0.3) is 10.9 Å². The quantitative estimate of drug-likeness (QED) is 0.470. The van der Waals surface area contributed by atoms with Crippen LogP contribution in [0.1, 0.15) is 17.3 Å². The average Bonchev–Trinajstić information content (AvgIpc) is 3.44. The van der Waals surface area contributed by atoms with Crippen molar-refractivity contribution in [1.29, 1.82) is 0 Å². The lowest BCUT2D eigenvalue weighted by Crippen LogP contribution is -2.37. The minimum Gasteiger partial charge on any atom is -0.358 e. The zero-order valence-corrected chi connectivity index (χ0v) is 17.7. The molecule has 6 nitrogen and oxygen atoms in total. The molecule has 3 aromatic carbocycles. The molecule has 164 valence electrons. The van der Waals surface area contributed by atoms with Crippen molar-refractivity contribution >= 4 is 34.1 Å². The number of nitrogens with one attached hydrogen (secondary N) is 1. The van der Waals surface area contributed by atoms with Gasteiger partial charge >= 0.3 is 0 Å². The maximum absolute atomic E-state index is 13.7. The summed E-state index contributed by atoms with van der Waals surface area (Å²) in [5, 5.41) is 2.67. The number of amides is 2. The molecule has 1 aromatic heterocycles. The number of carbonyl (C=O) groups excluding carboxylic acids is 2. The maximum atomic E-state index is 13.7. The first-order valence-electron chi connectivity index (χ1n) is 10.8. The van der Waals surface area contributed by atoms with Gasteiger partial charge in [-0.3, -0.25) is 14.4 Å². The summed E-state index contributed by atoms with van der Waals surface area (Å²) in [4.78, 5) is 37.8. The highest BCUT2D eigenvalue weighted by Crippen LogP contribution is 2.49. The van der Waals surface area contributed by atoms with Crippen molar-refractivity contribution in [2.45, 2.75) is 19.1 Å². The van der Waals surface area contributed by atoms with Gasteiger partial charge in [0, 0.05) is 22.2 Å². The molecule has 6 rings (SSSR count). The lowest BCUT2D eigenvalue weighted by Gasteiger charge is -2.29. The van der Waals surface area contributed by atoms with Crippen LogP contribution in [0.4, 0.5) is 15.8 Å². The van der Waals surface area contributed by atoms with Crippen LogP contribution in [0.15, 0.2) is 78.9 Å². The van der Waals surface area contributed by atoms with Gasteiger partial charge in [-0.05, 0) is 49.4 Å². The number of aromatic nitrogens is 1. The molecule has 0 spiro atoms. The van der Waals surface area contributed by atoms with E-state index in [2.05, 4.69) is 4.98 Å². The van der Waals surface area contributed by atoms with E-state index in [1.807, 2.05) is 61.5 Å². The second-order valence-electron chi connectivity index (χ2n) is 8.36. The monoisotopic (exact) mass is 441 g/mol. The lowest BCUT2D eigenvalue weighted by atomic mass is 9.89. The Bertz CT molecular complexity index is 1380. The summed E-state index contributed by atoms with van der Waals surface area (Å²) in [6.07, 6.45) is -0.971. The number of hydrogen-bond acceptors (Lipinski definition) is 4. The third kappa shape index (κ3) is 2.89. The van der Waals surface area contributed by atoms with E-state index in [0.29, 0.717) is 5.69 Å². The average molecular weight is 441 g/mol. The number of fused-ring (bicyclic) bond motifs is 2. The predicted octanol–water partition coefficient (Wildman–Crippen LogP) is 4.67. The number of para-hydroxylation sites is 2. The molecule has 1 N–H and O–H groups in total. The van der Waals surface area contributed by atoms with Crippen molar-refractivity contribution in [2.24, 2.45) is 5.92 Å². The number of nitrogens with zero attached hydrogens (tertiary/aromatic N) is 2. The summed E-state index contributed by atoms with van der Waals surface area (Å²) in [5.41, 5.74) is 3.88. The fourth-order valence-electron chi connectivity index (χ4n) is 5.03. The van der Waals surface area contributed by atoms with E-state index in [4.69, 9.17) is 4.84 Å². The van der Waals surface area contributed by atoms with E-state index in [-0.39, 0.29) is 5.91 Å². The minimum absolute atomic E-state index is 0.338. The largest absolute Gasteiger partial charge is 0.358 e. The smallest absolute Gasteiger partial charge is 0.266 e. The van der Waals surface area contributed by atoms with E-state index in [1.54, 1.807) is 5.06 Å². The molecule has 2 aliphatic heterocycles. The van der Waals surface area contributed by atoms with E-state index in [0.717, 1.165) is 32.7 Å². The van der Waals surface area contributed by atoms with Crippen molar-refractivity contribution < 1.29 is 18.8 Å². The number of aryl methyl sites for hydroxylation is 1. The number of aromatic amines is 1.